The Hall–Kier alpha value is -3.39. The molecule has 190 valence electrons. The second-order valence-corrected chi connectivity index (χ2v) is 11.5. The monoisotopic (exact) mass is 512 g/mol. The van der Waals surface area contributed by atoms with Gasteiger partial charge in [-0.05, 0) is 72.7 Å². The van der Waals surface area contributed by atoms with Crippen molar-refractivity contribution in [1.29, 1.82) is 0 Å². The van der Waals surface area contributed by atoms with Gasteiger partial charge in [-0.25, -0.2) is 8.42 Å². The predicted octanol–water partition coefficient (Wildman–Crippen LogP) is 5.34. The van der Waals surface area contributed by atoms with Gasteiger partial charge in [0.2, 0.25) is 10.0 Å². The summed E-state index contributed by atoms with van der Waals surface area (Å²) in [7, 11) is -3.72. The highest BCUT2D eigenvalue weighted by Crippen LogP contribution is 2.28. The summed E-state index contributed by atoms with van der Waals surface area (Å²) < 4.78 is 28.9. The Morgan fingerprint density at radius 3 is 2.41 bits per heavy atom. The lowest BCUT2D eigenvalue weighted by atomic mass is 9.92. The topological polar surface area (TPSA) is 75.2 Å². The third-order valence-electron chi connectivity index (χ3n) is 6.91. The van der Waals surface area contributed by atoms with Crippen molar-refractivity contribution < 1.29 is 8.42 Å². The Kier molecular flexibility index (Phi) is 7.74. The fraction of sp³-hybridized carbons (Fsp3) is 0.267. The zero-order chi connectivity index (χ0) is 25.7. The van der Waals surface area contributed by atoms with Crippen molar-refractivity contribution in [2.45, 2.75) is 56.8 Å². The van der Waals surface area contributed by atoms with Crippen LogP contribution in [0, 0.1) is 6.92 Å². The van der Waals surface area contributed by atoms with E-state index in [4.69, 9.17) is 0 Å². The van der Waals surface area contributed by atoms with E-state index >= 15 is 0 Å². The number of nitrogens with zero attached hydrogens (tertiary/aromatic N) is 3. The van der Waals surface area contributed by atoms with E-state index in [2.05, 4.69) is 33.5 Å². The molecule has 5 rings (SSSR count). The summed E-state index contributed by atoms with van der Waals surface area (Å²) in [6.45, 7) is 3.03. The van der Waals surface area contributed by atoms with Crippen molar-refractivity contribution in [1.82, 2.24) is 19.6 Å². The number of sulfonamides is 1. The van der Waals surface area contributed by atoms with Crippen LogP contribution in [0.2, 0.25) is 0 Å². The van der Waals surface area contributed by atoms with Crippen molar-refractivity contribution >= 4 is 10.0 Å². The highest BCUT2D eigenvalue weighted by atomic mass is 32.2. The Balaban J connectivity index is 1.31. The number of aromatic nitrogens is 2. The number of fused-ring (bicyclic) bond motifs is 1. The van der Waals surface area contributed by atoms with Gasteiger partial charge in [-0.3, -0.25) is 9.97 Å². The molecule has 0 bridgehead atoms. The van der Waals surface area contributed by atoms with E-state index in [9.17, 15) is 8.42 Å². The Morgan fingerprint density at radius 2 is 1.62 bits per heavy atom. The highest BCUT2D eigenvalue weighted by Gasteiger charge is 2.27. The van der Waals surface area contributed by atoms with E-state index < -0.39 is 10.0 Å². The maximum absolute atomic E-state index is 13.7. The maximum Gasteiger partial charge on any atom is 0.243 e. The third kappa shape index (κ3) is 5.96. The molecule has 0 saturated heterocycles. The SMILES string of the molecule is Cc1ccccc1S(=O)(=O)N(Cc1ccc(CNC2CCCc3cccnc32)cc1)Cc1ccccn1. The number of benzene rings is 2. The summed E-state index contributed by atoms with van der Waals surface area (Å²) >= 11 is 0. The molecule has 0 amide bonds. The molecule has 4 aromatic rings. The van der Waals surface area contributed by atoms with Gasteiger partial charge in [0.15, 0.2) is 0 Å². The van der Waals surface area contributed by atoms with E-state index in [1.54, 1.807) is 18.3 Å². The van der Waals surface area contributed by atoms with Crippen LogP contribution in [-0.2, 0) is 36.1 Å². The smallest absolute Gasteiger partial charge is 0.243 e. The van der Waals surface area contributed by atoms with Crippen LogP contribution >= 0.6 is 0 Å². The van der Waals surface area contributed by atoms with Gasteiger partial charge in [0.1, 0.15) is 0 Å². The van der Waals surface area contributed by atoms with Gasteiger partial charge in [0.05, 0.1) is 28.9 Å². The molecule has 0 saturated carbocycles. The normalized spacial score (nSPS) is 15.5. The molecule has 1 N–H and O–H groups in total. The lowest BCUT2D eigenvalue weighted by Gasteiger charge is -2.25. The number of nitrogens with one attached hydrogen (secondary N) is 1. The molecule has 1 aliphatic carbocycles. The van der Waals surface area contributed by atoms with E-state index in [-0.39, 0.29) is 19.1 Å². The predicted molar refractivity (Wildman–Crippen MR) is 145 cm³/mol. The largest absolute Gasteiger partial charge is 0.305 e. The standard InChI is InChI=1S/C30H32N4O2S/c1-23-8-2-3-13-29(23)37(35,36)34(22-27-11-4-5-18-31-27)21-25-16-14-24(15-17-25)20-33-28-12-6-9-26-10-7-19-32-30(26)28/h2-5,7-8,10-11,13-19,28,33H,6,9,12,20-22H2,1H3. The average Bonchev–Trinajstić information content (AvgIpc) is 2.93. The van der Waals surface area contributed by atoms with E-state index in [0.717, 1.165) is 48.2 Å². The number of aryl methyl sites for hydroxylation is 2. The van der Waals surface area contributed by atoms with Gasteiger partial charge in [0.25, 0.3) is 0 Å². The summed E-state index contributed by atoms with van der Waals surface area (Å²) in [6, 6.07) is 25.3. The molecule has 0 spiro atoms. The molecule has 0 radical (unpaired) electrons. The summed E-state index contributed by atoms with van der Waals surface area (Å²) in [5.74, 6) is 0. The lowest BCUT2D eigenvalue weighted by Crippen LogP contribution is -2.31. The molecular formula is C30H32N4O2S. The van der Waals surface area contributed by atoms with E-state index in [0.29, 0.717) is 10.6 Å². The molecule has 6 nitrogen and oxygen atoms in total. The zero-order valence-corrected chi connectivity index (χ0v) is 21.9. The Bertz CT molecular complexity index is 1440. The molecule has 1 aliphatic rings. The first-order chi connectivity index (χ1) is 18.0. The fourth-order valence-corrected chi connectivity index (χ4v) is 6.52. The zero-order valence-electron chi connectivity index (χ0n) is 21.0. The minimum atomic E-state index is -3.72. The second kappa shape index (κ2) is 11.3. The van der Waals surface area contributed by atoms with Crippen LogP contribution in [0.3, 0.4) is 0 Å². The van der Waals surface area contributed by atoms with E-state index in [1.807, 2.05) is 61.7 Å². The number of hydrogen-bond donors (Lipinski definition) is 1. The first-order valence-corrected chi connectivity index (χ1v) is 14.2. The van der Waals surface area contributed by atoms with Crippen LogP contribution in [0.15, 0.2) is 96.2 Å². The van der Waals surface area contributed by atoms with Crippen LogP contribution in [-0.4, -0.2) is 22.7 Å². The first-order valence-electron chi connectivity index (χ1n) is 12.7. The van der Waals surface area contributed by atoms with Crippen LogP contribution in [0.4, 0.5) is 0 Å². The molecule has 0 fully saturated rings. The van der Waals surface area contributed by atoms with Gasteiger partial charge in [-0.1, -0.05) is 54.6 Å². The number of rotatable bonds is 9. The molecular weight excluding hydrogens is 480 g/mol. The molecule has 2 heterocycles. The quantitative estimate of drug-likeness (QED) is 0.328. The highest BCUT2D eigenvalue weighted by molar-refractivity contribution is 7.89. The van der Waals surface area contributed by atoms with Crippen molar-refractivity contribution in [3.63, 3.8) is 0 Å². The van der Waals surface area contributed by atoms with Crippen molar-refractivity contribution in [3.05, 3.63) is 125 Å². The van der Waals surface area contributed by atoms with Crippen LogP contribution in [0.1, 0.15) is 52.5 Å². The summed E-state index contributed by atoms with van der Waals surface area (Å²) in [5, 5.41) is 3.66. The van der Waals surface area contributed by atoms with Crippen molar-refractivity contribution in [2.75, 3.05) is 0 Å². The van der Waals surface area contributed by atoms with Gasteiger partial charge in [0, 0.05) is 25.5 Å². The molecule has 0 aliphatic heterocycles. The Labute approximate surface area is 219 Å². The minimum absolute atomic E-state index is 0.203. The first kappa shape index (κ1) is 25.3. The summed E-state index contributed by atoms with van der Waals surface area (Å²) in [6.07, 6.45) is 6.90. The van der Waals surface area contributed by atoms with Gasteiger partial charge in [-0.15, -0.1) is 0 Å². The lowest BCUT2D eigenvalue weighted by molar-refractivity contribution is 0.396. The van der Waals surface area contributed by atoms with E-state index in [1.165, 1.54) is 9.87 Å². The van der Waals surface area contributed by atoms with Gasteiger partial charge < -0.3 is 5.32 Å². The second-order valence-electron chi connectivity index (χ2n) is 9.55. The maximum atomic E-state index is 13.7. The molecule has 37 heavy (non-hydrogen) atoms. The number of hydrogen-bond acceptors (Lipinski definition) is 5. The minimum Gasteiger partial charge on any atom is -0.305 e. The Morgan fingerprint density at radius 1 is 0.865 bits per heavy atom. The van der Waals surface area contributed by atoms with Crippen molar-refractivity contribution in [3.8, 4) is 0 Å². The average molecular weight is 513 g/mol. The van der Waals surface area contributed by atoms with Crippen LogP contribution in [0.25, 0.3) is 0 Å². The fourth-order valence-electron chi connectivity index (χ4n) is 4.90. The molecule has 2 aromatic heterocycles. The van der Waals surface area contributed by atoms with Crippen LogP contribution in [0.5, 0.6) is 0 Å². The van der Waals surface area contributed by atoms with Crippen LogP contribution < -0.4 is 5.32 Å². The summed E-state index contributed by atoms with van der Waals surface area (Å²) in [4.78, 5) is 9.31. The number of pyridine rings is 2. The molecule has 1 atom stereocenters. The molecule has 1 unspecified atom stereocenters. The third-order valence-corrected chi connectivity index (χ3v) is 8.86. The molecule has 7 heteroatoms. The van der Waals surface area contributed by atoms with Crippen molar-refractivity contribution in [2.24, 2.45) is 0 Å². The molecule has 2 aromatic carbocycles. The van der Waals surface area contributed by atoms with Gasteiger partial charge >= 0.3 is 0 Å². The summed E-state index contributed by atoms with van der Waals surface area (Å²) in [5.41, 5.74) is 6.03. The van der Waals surface area contributed by atoms with Gasteiger partial charge in [-0.2, -0.15) is 4.31 Å².